The third-order valence-corrected chi connectivity index (χ3v) is 5.18. The molecular weight excluding hydrogens is 384 g/mol. The van der Waals surface area contributed by atoms with Gasteiger partial charge in [-0.2, -0.15) is 0 Å². The quantitative estimate of drug-likeness (QED) is 0.851. The first-order valence-corrected chi connectivity index (χ1v) is 9.26. The zero-order chi connectivity index (χ0) is 18.4. The summed E-state index contributed by atoms with van der Waals surface area (Å²) in [5, 5.41) is 3.79. The van der Waals surface area contributed by atoms with E-state index in [0.717, 1.165) is 22.1 Å². The number of halogens is 1. The van der Waals surface area contributed by atoms with Gasteiger partial charge in [-0.25, -0.2) is 4.98 Å². The molecule has 7 heteroatoms. The SMILES string of the molecule is CC(C)Cn1cc(Br)c2ccc(C(=O)N3CCNC(=O)C3(C)C)nc21. The van der Waals surface area contributed by atoms with Gasteiger partial charge >= 0.3 is 0 Å². The minimum Gasteiger partial charge on any atom is -0.352 e. The summed E-state index contributed by atoms with van der Waals surface area (Å²) < 4.78 is 3.03. The number of hydrogen-bond donors (Lipinski definition) is 1. The molecule has 25 heavy (non-hydrogen) atoms. The lowest BCUT2D eigenvalue weighted by atomic mass is 9.98. The molecule has 0 radical (unpaired) electrons. The van der Waals surface area contributed by atoms with Crippen molar-refractivity contribution in [3.8, 4) is 0 Å². The van der Waals surface area contributed by atoms with Crippen molar-refractivity contribution < 1.29 is 9.59 Å². The number of nitrogens with zero attached hydrogens (tertiary/aromatic N) is 3. The predicted molar refractivity (Wildman–Crippen MR) is 100 cm³/mol. The van der Waals surface area contributed by atoms with Crippen molar-refractivity contribution in [2.45, 2.75) is 39.8 Å². The van der Waals surface area contributed by atoms with Crippen LogP contribution in [0.25, 0.3) is 11.0 Å². The first kappa shape index (κ1) is 17.9. The number of amides is 2. The number of piperazine rings is 1. The van der Waals surface area contributed by atoms with Gasteiger partial charge < -0.3 is 14.8 Å². The van der Waals surface area contributed by atoms with Crippen LogP contribution in [0.15, 0.2) is 22.8 Å². The highest BCUT2D eigenvalue weighted by Gasteiger charge is 2.41. The van der Waals surface area contributed by atoms with Gasteiger partial charge in [0, 0.05) is 35.7 Å². The van der Waals surface area contributed by atoms with E-state index in [-0.39, 0.29) is 11.8 Å². The number of carbonyl (C=O) groups excluding carboxylic acids is 2. The number of pyridine rings is 1. The molecular formula is C18H23BrN4O2. The van der Waals surface area contributed by atoms with Crippen molar-refractivity contribution in [2.24, 2.45) is 5.92 Å². The van der Waals surface area contributed by atoms with Crippen LogP contribution in [0.3, 0.4) is 0 Å². The summed E-state index contributed by atoms with van der Waals surface area (Å²) in [6.45, 7) is 9.57. The molecule has 3 heterocycles. The number of aromatic nitrogens is 2. The van der Waals surface area contributed by atoms with Crippen LogP contribution in [0.1, 0.15) is 38.2 Å². The molecule has 6 nitrogen and oxygen atoms in total. The standard InChI is InChI=1S/C18H23BrN4O2/c1-11(2)9-22-10-13(19)12-5-6-14(21-15(12)22)16(24)23-8-7-20-17(25)18(23,3)4/h5-6,10-11H,7-9H2,1-4H3,(H,20,25). The van der Waals surface area contributed by atoms with Crippen LogP contribution in [0, 0.1) is 5.92 Å². The summed E-state index contributed by atoms with van der Waals surface area (Å²) in [5.41, 5.74) is 0.267. The minimum atomic E-state index is -0.882. The fourth-order valence-corrected chi connectivity index (χ4v) is 3.72. The number of nitrogens with one attached hydrogen (secondary N) is 1. The second-order valence-electron chi connectivity index (χ2n) is 7.36. The Labute approximate surface area is 155 Å². The first-order chi connectivity index (χ1) is 11.7. The third-order valence-electron chi connectivity index (χ3n) is 4.55. The van der Waals surface area contributed by atoms with Crippen LogP contribution < -0.4 is 5.32 Å². The summed E-state index contributed by atoms with van der Waals surface area (Å²) in [7, 11) is 0. The predicted octanol–water partition coefficient (Wildman–Crippen LogP) is 2.81. The lowest BCUT2D eigenvalue weighted by Crippen LogP contribution is -2.63. The van der Waals surface area contributed by atoms with Crippen molar-refractivity contribution in [3.05, 3.63) is 28.5 Å². The zero-order valence-corrected chi connectivity index (χ0v) is 16.6. The van der Waals surface area contributed by atoms with E-state index < -0.39 is 5.54 Å². The number of carbonyl (C=O) groups is 2. The molecule has 2 aromatic heterocycles. The normalized spacial score (nSPS) is 17.2. The second kappa shape index (κ2) is 6.44. The minimum absolute atomic E-state index is 0.140. The Morgan fingerprint density at radius 2 is 2.12 bits per heavy atom. The van der Waals surface area contributed by atoms with Gasteiger partial charge in [-0.05, 0) is 47.8 Å². The molecule has 1 saturated heterocycles. The summed E-state index contributed by atoms with van der Waals surface area (Å²) in [6, 6.07) is 3.64. The maximum atomic E-state index is 13.0. The van der Waals surface area contributed by atoms with E-state index in [2.05, 4.69) is 44.6 Å². The molecule has 3 rings (SSSR count). The first-order valence-electron chi connectivity index (χ1n) is 8.47. The van der Waals surface area contributed by atoms with Crippen molar-refractivity contribution in [2.75, 3.05) is 13.1 Å². The van der Waals surface area contributed by atoms with Crippen LogP contribution in [0.5, 0.6) is 0 Å². The van der Waals surface area contributed by atoms with Gasteiger partial charge in [0.25, 0.3) is 5.91 Å². The highest BCUT2D eigenvalue weighted by Crippen LogP contribution is 2.27. The summed E-state index contributed by atoms with van der Waals surface area (Å²) in [5.74, 6) is 0.114. The van der Waals surface area contributed by atoms with E-state index in [1.807, 2.05) is 12.3 Å². The van der Waals surface area contributed by atoms with Crippen molar-refractivity contribution in [1.29, 1.82) is 0 Å². The van der Waals surface area contributed by atoms with Crippen molar-refractivity contribution >= 4 is 38.8 Å². The van der Waals surface area contributed by atoms with Gasteiger partial charge in [-0.1, -0.05) is 13.8 Å². The van der Waals surface area contributed by atoms with Crippen LogP contribution in [0.2, 0.25) is 0 Å². The Hall–Kier alpha value is -1.89. The summed E-state index contributed by atoms with van der Waals surface area (Å²) in [4.78, 5) is 31.4. The number of hydrogen-bond acceptors (Lipinski definition) is 3. The van der Waals surface area contributed by atoms with E-state index in [1.54, 1.807) is 24.8 Å². The largest absolute Gasteiger partial charge is 0.352 e. The van der Waals surface area contributed by atoms with Crippen LogP contribution >= 0.6 is 15.9 Å². The molecule has 0 atom stereocenters. The summed E-state index contributed by atoms with van der Waals surface area (Å²) in [6.07, 6.45) is 2.00. The van der Waals surface area contributed by atoms with Crippen LogP contribution in [-0.2, 0) is 11.3 Å². The molecule has 2 amide bonds. The van der Waals surface area contributed by atoms with E-state index in [9.17, 15) is 9.59 Å². The fourth-order valence-electron chi connectivity index (χ4n) is 3.17. The Balaban J connectivity index is 2.01. The maximum absolute atomic E-state index is 13.0. The molecule has 0 spiro atoms. The Morgan fingerprint density at radius 1 is 1.40 bits per heavy atom. The molecule has 0 aromatic carbocycles. The van der Waals surface area contributed by atoms with Gasteiger partial charge in [0.15, 0.2) is 0 Å². The van der Waals surface area contributed by atoms with Gasteiger partial charge in [-0.15, -0.1) is 0 Å². The number of fused-ring (bicyclic) bond motifs is 1. The van der Waals surface area contributed by atoms with Crippen molar-refractivity contribution in [3.63, 3.8) is 0 Å². The second-order valence-corrected chi connectivity index (χ2v) is 8.22. The average molecular weight is 407 g/mol. The van der Waals surface area contributed by atoms with E-state index in [0.29, 0.717) is 24.7 Å². The molecule has 1 aliphatic heterocycles. The Bertz CT molecular complexity index is 841. The van der Waals surface area contributed by atoms with E-state index in [1.165, 1.54) is 0 Å². The van der Waals surface area contributed by atoms with E-state index in [4.69, 9.17) is 0 Å². The molecule has 0 bridgehead atoms. The molecule has 1 N–H and O–H groups in total. The average Bonchev–Trinajstić information content (AvgIpc) is 2.84. The lowest BCUT2D eigenvalue weighted by molar-refractivity contribution is -0.133. The molecule has 134 valence electrons. The third kappa shape index (κ3) is 3.17. The molecule has 2 aromatic rings. The Kier molecular flexibility index (Phi) is 4.62. The smallest absolute Gasteiger partial charge is 0.273 e. The van der Waals surface area contributed by atoms with Crippen LogP contribution in [-0.4, -0.2) is 44.9 Å². The molecule has 1 aliphatic rings. The monoisotopic (exact) mass is 406 g/mol. The highest BCUT2D eigenvalue weighted by molar-refractivity contribution is 9.10. The molecule has 0 aliphatic carbocycles. The van der Waals surface area contributed by atoms with E-state index >= 15 is 0 Å². The maximum Gasteiger partial charge on any atom is 0.273 e. The van der Waals surface area contributed by atoms with Gasteiger partial charge in [0.1, 0.15) is 16.9 Å². The topological polar surface area (TPSA) is 67.2 Å². The molecule has 0 unspecified atom stereocenters. The fraction of sp³-hybridized carbons (Fsp3) is 0.500. The van der Waals surface area contributed by atoms with Crippen LogP contribution in [0.4, 0.5) is 0 Å². The molecule has 1 fully saturated rings. The van der Waals surface area contributed by atoms with Gasteiger partial charge in [0.05, 0.1) is 0 Å². The Morgan fingerprint density at radius 3 is 2.80 bits per heavy atom. The molecule has 0 saturated carbocycles. The zero-order valence-electron chi connectivity index (χ0n) is 15.0. The van der Waals surface area contributed by atoms with Gasteiger partial charge in [-0.3, -0.25) is 9.59 Å². The van der Waals surface area contributed by atoms with Crippen molar-refractivity contribution in [1.82, 2.24) is 19.8 Å². The summed E-state index contributed by atoms with van der Waals surface area (Å²) >= 11 is 3.56. The van der Waals surface area contributed by atoms with Gasteiger partial charge in [0.2, 0.25) is 5.91 Å². The lowest BCUT2D eigenvalue weighted by Gasteiger charge is -2.40. The highest BCUT2D eigenvalue weighted by atomic mass is 79.9. The number of rotatable bonds is 3.